The van der Waals surface area contributed by atoms with E-state index < -0.39 is 0 Å². The van der Waals surface area contributed by atoms with Crippen molar-refractivity contribution >= 4 is 22.5 Å². The average Bonchev–Trinajstić information content (AvgIpc) is 2.89. The predicted molar refractivity (Wildman–Crippen MR) is 134 cm³/mol. The van der Waals surface area contributed by atoms with Crippen LogP contribution in [-0.2, 0) is 0 Å². The maximum atomic E-state index is 5.73. The first-order valence-electron chi connectivity index (χ1n) is 11.6. The van der Waals surface area contributed by atoms with E-state index in [9.17, 15) is 0 Å². The summed E-state index contributed by atoms with van der Waals surface area (Å²) in [5, 5.41) is 4.35. The van der Waals surface area contributed by atoms with Crippen molar-refractivity contribution < 1.29 is 9.47 Å². The Kier molecular flexibility index (Phi) is 6.11. The van der Waals surface area contributed by atoms with Gasteiger partial charge in [-0.1, -0.05) is 61.7 Å². The number of hydrogen-bond donors (Lipinski definition) is 1. The van der Waals surface area contributed by atoms with E-state index >= 15 is 0 Å². The highest BCUT2D eigenvalue weighted by molar-refractivity contribution is 5.95. The molecule has 1 saturated carbocycles. The summed E-state index contributed by atoms with van der Waals surface area (Å²) in [5.74, 6) is 2.80. The molecule has 0 aliphatic heterocycles. The van der Waals surface area contributed by atoms with E-state index in [0.717, 1.165) is 39.2 Å². The molecule has 0 spiro atoms. The van der Waals surface area contributed by atoms with Gasteiger partial charge in [0.2, 0.25) is 5.95 Å². The van der Waals surface area contributed by atoms with Gasteiger partial charge in [0.05, 0.1) is 25.4 Å². The Bertz CT molecular complexity index is 1270. The zero-order valence-corrected chi connectivity index (χ0v) is 19.2. The maximum absolute atomic E-state index is 5.73. The van der Waals surface area contributed by atoms with Crippen molar-refractivity contribution in [2.45, 2.75) is 38.0 Å². The number of benzene rings is 3. The molecule has 1 fully saturated rings. The molecule has 0 unspecified atom stereocenters. The van der Waals surface area contributed by atoms with Crippen LogP contribution in [0.2, 0.25) is 0 Å². The van der Waals surface area contributed by atoms with Gasteiger partial charge in [0, 0.05) is 22.7 Å². The predicted octanol–water partition coefficient (Wildman–Crippen LogP) is 7.11. The Morgan fingerprint density at radius 1 is 0.818 bits per heavy atom. The van der Waals surface area contributed by atoms with Crippen LogP contribution in [0.25, 0.3) is 22.0 Å². The zero-order valence-electron chi connectivity index (χ0n) is 19.2. The van der Waals surface area contributed by atoms with Gasteiger partial charge < -0.3 is 14.8 Å². The molecule has 33 heavy (non-hydrogen) atoms. The lowest BCUT2D eigenvalue weighted by molar-refractivity contribution is 0.411. The Morgan fingerprint density at radius 2 is 1.61 bits per heavy atom. The monoisotopic (exact) mass is 439 g/mol. The molecule has 5 heteroatoms. The number of hydrogen-bond acceptors (Lipinski definition) is 5. The lowest BCUT2D eigenvalue weighted by Crippen LogP contribution is -2.06. The van der Waals surface area contributed by atoms with Gasteiger partial charge in [-0.3, -0.25) is 0 Å². The van der Waals surface area contributed by atoms with Crippen LogP contribution in [0, 0.1) is 0 Å². The van der Waals surface area contributed by atoms with Gasteiger partial charge in [-0.15, -0.1) is 0 Å². The Morgan fingerprint density at radius 3 is 2.42 bits per heavy atom. The summed E-state index contributed by atoms with van der Waals surface area (Å²) in [7, 11) is 3.40. The van der Waals surface area contributed by atoms with Crippen LogP contribution < -0.4 is 14.8 Å². The molecule has 1 heterocycles. The van der Waals surface area contributed by atoms with Gasteiger partial charge in [0.25, 0.3) is 0 Å². The summed E-state index contributed by atoms with van der Waals surface area (Å²) in [6, 6.07) is 20.6. The Hall–Kier alpha value is -3.60. The van der Waals surface area contributed by atoms with Crippen LogP contribution in [0.3, 0.4) is 0 Å². The van der Waals surface area contributed by atoms with E-state index in [4.69, 9.17) is 14.5 Å². The molecular weight excluding hydrogens is 410 g/mol. The first-order valence-corrected chi connectivity index (χ1v) is 11.6. The molecule has 5 nitrogen and oxygen atoms in total. The fraction of sp³-hybridized carbons (Fsp3) is 0.286. The molecular formula is C28H29N3O2. The quantitative estimate of drug-likeness (QED) is 0.347. The number of nitrogens with zero attached hydrogens (tertiary/aromatic N) is 2. The third-order valence-electron chi connectivity index (χ3n) is 6.56. The molecule has 1 aromatic heterocycles. The highest BCUT2D eigenvalue weighted by Gasteiger charge is 2.18. The van der Waals surface area contributed by atoms with E-state index in [1.165, 1.54) is 37.7 Å². The molecule has 0 radical (unpaired) electrons. The second kappa shape index (κ2) is 9.49. The highest BCUT2D eigenvalue weighted by atomic mass is 16.5. The molecule has 1 aliphatic rings. The van der Waals surface area contributed by atoms with Gasteiger partial charge in [0.15, 0.2) is 0 Å². The molecule has 1 aliphatic carbocycles. The van der Waals surface area contributed by atoms with Crippen LogP contribution >= 0.6 is 0 Å². The second-order valence-electron chi connectivity index (χ2n) is 8.56. The zero-order chi connectivity index (χ0) is 22.6. The first kappa shape index (κ1) is 21.3. The third-order valence-corrected chi connectivity index (χ3v) is 6.56. The van der Waals surface area contributed by atoms with Gasteiger partial charge in [-0.25, -0.2) is 9.97 Å². The average molecular weight is 440 g/mol. The molecule has 1 N–H and O–H groups in total. The minimum Gasteiger partial charge on any atom is -0.496 e. The number of aromatic nitrogens is 2. The summed E-state index contributed by atoms with van der Waals surface area (Å²) >= 11 is 0. The van der Waals surface area contributed by atoms with Gasteiger partial charge in [-0.05, 0) is 42.5 Å². The van der Waals surface area contributed by atoms with E-state index in [0.29, 0.717) is 11.9 Å². The van der Waals surface area contributed by atoms with Crippen LogP contribution in [0.15, 0.2) is 66.9 Å². The van der Waals surface area contributed by atoms with Crippen molar-refractivity contribution in [1.82, 2.24) is 9.97 Å². The van der Waals surface area contributed by atoms with Crippen LogP contribution in [-0.4, -0.2) is 24.2 Å². The molecule has 4 aromatic rings. The van der Waals surface area contributed by atoms with Crippen LogP contribution in [0.1, 0.15) is 43.6 Å². The number of anilines is 2. The minimum absolute atomic E-state index is 0.536. The SMILES string of the molecule is COc1cc(C2CCCCC2)ccc1Nc1ncc2cccc(-c3ccccc3OC)c2n1. The number of methoxy groups -OCH3 is 2. The topological polar surface area (TPSA) is 56.3 Å². The Labute approximate surface area is 194 Å². The fourth-order valence-electron chi connectivity index (χ4n) is 4.82. The van der Waals surface area contributed by atoms with Crippen molar-refractivity contribution in [2.24, 2.45) is 0 Å². The van der Waals surface area contributed by atoms with Crippen molar-refractivity contribution in [2.75, 3.05) is 19.5 Å². The highest BCUT2D eigenvalue weighted by Crippen LogP contribution is 2.38. The molecule has 3 aromatic carbocycles. The molecule has 0 atom stereocenters. The summed E-state index contributed by atoms with van der Waals surface area (Å²) in [6.07, 6.45) is 8.35. The van der Waals surface area contributed by atoms with Crippen molar-refractivity contribution in [3.63, 3.8) is 0 Å². The number of para-hydroxylation sites is 2. The Balaban J connectivity index is 1.50. The van der Waals surface area contributed by atoms with E-state index in [2.05, 4.69) is 40.6 Å². The second-order valence-corrected chi connectivity index (χ2v) is 8.56. The van der Waals surface area contributed by atoms with Crippen molar-refractivity contribution in [1.29, 1.82) is 0 Å². The van der Waals surface area contributed by atoms with Crippen LogP contribution in [0.4, 0.5) is 11.6 Å². The van der Waals surface area contributed by atoms with Gasteiger partial charge in [0.1, 0.15) is 11.5 Å². The van der Waals surface area contributed by atoms with E-state index in [1.807, 2.05) is 36.5 Å². The van der Waals surface area contributed by atoms with Gasteiger partial charge >= 0.3 is 0 Å². The number of ether oxygens (including phenoxy) is 2. The fourth-order valence-corrected chi connectivity index (χ4v) is 4.82. The molecule has 0 saturated heterocycles. The summed E-state index contributed by atoms with van der Waals surface area (Å²) in [5.41, 5.74) is 5.11. The van der Waals surface area contributed by atoms with Crippen molar-refractivity contribution in [3.05, 3.63) is 72.4 Å². The smallest absolute Gasteiger partial charge is 0.227 e. The molecule has 0 amide bonds. The molecule has 5 rings (SSSR count). The number of fused-ring (bicyclic) bond motifs is 1. The molecule has 0 bridgehead atoms. The third kappa shape index (κ3) is 4.36. The summed E-state index contributed by atoms with van der Waals surface area (Å²) in [4.78, 5) is 9.43. The largest absolute Gasteiger partial charge is 0.496 e. The lowest BCUT2D eigenvalue weighted by atomic mass is 9.84. The normalized spacial score (nSPS) is 14.2. The minimum atomic E-state index is 0.536. The molecule has 168 valence electrons. The summed E-state index contributed by atoms with van der Waals surface area (Å²) < 4.78 is 11.3. The van der Waals surface area contributed by atoms with Gasteiger partial charge in [-0.2, -0.15) is 0 Å². The lowest BCUT2D eigenvalue weighted by Gasteiger charge is -2.23. The van der Waals surface area contributed by atoms with Crippen LogP contribution in [0.5, 0.6) is 11.5 Å². The number of rotatable bonds is 6. The van der Waals surface area contributed by atoms with E-state index in [-0.39, 0.29) is 0 Å². The summed E-state index contributed by atoms with van der Waals surface area (Å²) in [6.45, 7) is 0. The number of nitrogens with one attached hydrogen (secondary N) is 1. The standard InChI is InChI=1S/C28H29N3O2/c1-32-25-14-7-6-12-22(25)23-13-8-11-21-18-29-28(31-27(21)23)30-24-16-15-20(17-26(24)33-2)19-9-4-3-5-10-19/h6-8,11-19H,3-5,9-10H2,1-2H3,(H,29,30,31). The van der Waals surface area contributed by atoms with Crippen molar-refractivity contribution in [3.8, 4) is 22.6 Å². The first-order chi connectivity index (χ1) is 16.3. The van der Waals surface area contributed by atoms with E-state index in [1.54, 1.807) is 14.2 Å². The maximum Gasteiger partial charge on any atom is 0.227 e.